The predicted octanol–water partition coefficient (Wildman–Crippen LogP) is 3.77. The molecule has 2 aromatic heterocycles. The molecule has 0 aliphatic rings. The zero-order valence-corrected chi connectivity index (χ0v) is 12.8. The molecule has 0 aromatic carbocycles. The van der Waals surface area contributed by atoms with Gasteiger partial charge in [-0.1, -0.05) is 19.9 Å². The molecule has 0 amide bonds. The van der Waals surface area contributed by atoms with Gasteiger partial charge in [0.2, 0.25) is 0 Å². The third-order valence-electron chi connectivity index (χ3n) is 3.40. The van der Waals surface area contributed by atoms with Gasteiger partial charge in [-0.15, -0.1) is 11.3 Å². The molecular weight excluding hydrogens is 254 g/mol. The van der Waals surface area contributed by atoms with E-state index in [1.54, 1.807) is 0 Å². The monoisotopic (exact) mass is 277 g/mol. The van der Waals surface area contributed by atoms with Crippen LogP contribution in [0.25, 0.3) is 0 Å². The Morgan fingerprint density at radius 2 is 2.21 bits per heavy atom. The molecule has 104 valence electrons. The fourth-order valence-electron chi connectivity index (χ4n) is 2.27. The Hall–Kier alpha value is -1.13. The largest absolute Gasteiger partial charge is 0.304 e. The minimum atomic E-state index is 0.449. The molecule has 0 saturated carbocycles. The SMILES string of the molecule is CCc1cc(CNC(CC)c2cccs2)n(CC)n1. The van der Waals surface area contributed by atoms with Crippen molar-refractivity contribution in [1.82, 2.24) is 15.1 Å². The number of aryl methyl sites for hydroxylation is 2. The molecule has 4 heteroatoms. The molecule has 0 fully saturated rings. The van der Waals surface area contributed by atoms with Gasteiger partial charge in [-0.3, -0.25) is 4.68 Å². The van der Waals surface area contributed by atoms with E-state index in [-0.39, 0.29) is 0 Å². The fourth-order valence-corrected chi connectivity index (χ4v) is 3.15. The second kappa shape index (κ2) is 6.87. The molecule has 1 N–H and O–H groups in total. The van der Waals surface area contributed by atoms with E-state index in [1.807, 2.05) is 11.3 Å². The third-order valence-corrected chi connectivity index (χ3v) is 4.39. The Bertz CT molecular complexity index is 487. The number of rotatable bonds is 7. The van der Waals surface area contributed by atoms with E-state index in [2.05, 4.69) is 59.4 Å². The van der Waals surface area contributed by atoms with Crippen LogP contribution in [0, 0.1) is 0 Å². The van der Waals surface area contributed by atoms with Crippen molar-refractivity contribution in [3.8, 4) is 0 Å². The van der Waals surface area contributed by atoms with Crippen LogP contribution in [0.5, 0.6) is 0 Å². The van der Waals surface area contributed by atoms with Gasteiger partial charge < -0.3 is 5.32 Å². The molecule has 0 aliphatic heterocycles. The van der Waals surface area contributed by atoms with Gasteiger partial charge in [0.05, 0.1) is 11.4 Å². The average Bonchev–Trinajstić information content (AvgIpc) is 3.08. The second-order valence-corrected chi connectivity index (χ2v) is 5.63. The Kier molecular flexibility index (Phi) is 5.16. The maximum Gasteiger partial charge on any atom is 0.0625 e. The summed E-state index contributed by atoms with van der Waals surface area (Å²) in [6.45, 7) is 8.35. The highest BCUT2D eigenvalue weighted by Crippen LogP contribution is 2.22. The lowest BCUT2D eigenvalue weighted by molar-refractivity contribution is 0.499. The summed E-state index contributed by atoms with van der Waals surface area (Å²) in [6, 6.07) is 7.00. The maximum absolute atomic E-state index is 4.59. The van der Waals surface area contributed by atoms with Crippen molar-refractivity contribution in [3.05, 3.63) is 39.8 Å². The van der Waals surface area contributed by atoms with Crippen LogP contribution in [0.15, 0.2) is 23.6 Å². The van der Waals surface area contributed by atoms with Crippen LogP contribution in [0.2, 0.25) is 0 Å². The van der Waals surface area contributed by atoms with Crippen LogP contribution in [0.4, 0.5) is 0 Å². The van der Waals surface area contributed by atoms with E-state index in [9.17, 15) is 0 Å². The third kappa shape index (κ3) is 3.45. The van der Waals surface area contributed by atoms with E-state index >= 15 is 0 Å². The molecule has 2 heterocycles. The molecule has 19 heavy (non-hydrogen) atoms. The molecule has 1 unspecified atom stereocenters. The summed E-state index contributed by atoms with van der Waals surface area (Å²) < 4.78 is 2.10. The summed E-state index contributed by atoms with van der Waals surface area (Å²) in [7, 11) is 0. The Morgan fingerprint density at radius 1 is 1.37 bits per heavy atom. The van der Waals surface area contributed by atoms with Crippen molar-refractivity contribution in [2.45, 2.75) is 52.7 Å². The summed E-state index contributed by atoms with van der Waals surface area (Å²) in [5, 5.41) is 10.4. The van der Waals surface area contributed by atoms with Gasteiger partial charge in [-0.05, 0) is 37.3 Å². The van der Waals surface area contributed by atoms with Gasteiger partial charge in [0.15, 0.2) is 0 Å². The highest BCUT2D eigenvalue weighted by Gasteiger charge is 2.11. The van der Waals surface area contributed by atoms with Crippen LogP contribution >= 0.6 is 11.3 Å². The molecular formula is C15H23N3S. The summed E-state index contributed by atoms with van der Waals surface area (Å²) in [5.74, 6) is 0. The number of nitrogens with zero attached hydrogens (tertiary/aromatic N) is 2. The van der Waals surface area contributed by atoms with Crippen molar-refractivity contribution >= 4 is 11.3 Å². The Labute approximate surface area is 119 Å². The highest BCUT2D eigenvalue weighted by atomic mass is 32.1. The van der Waals surface area contributed by atoms with Crippen LogP contribution in [0.3, 0.4) is 0 Å². The van der Waals surface area contributed by atoms with Gasteiger partial charge in [0.25, 0.3) is 0 Å². The zero-order chi connectivity index (χ0) is 13.7. The molecule has 2 rings (SSSR count). The molecule has 0 aliphatic carbocycles. The first-order valence-corrected chi connectivity index (χ1v) is 7.98. The van der Waals surface area contributed by atoms with E-state index < -0.39 is 0 Å². The van der Waals surface area contributed by atoms with Gasteiger partial charge >= 0.3 is 0 Å². The van der Waals surface area contributed by atoms with Gasteiger partial charge in [-0.2, -0.15) is 5.10 Å². The molecule has 3 nitrogen and oxygen atoms in total. The highest BCUT2D eigenvalue weighted by molar-refractivity contribution is 7.10. The van der Waals surface area contributed by atoms with Crippen LogP contribution in [-0.4, -0.2) is 9.78 Å². The van der Waals surface area contributed by atoms with Gasteiger partial charge in [0.1, 0.15) is 0 Å². The summed E-state index contributed by atoms with van der Waals surface area (Å²) in [4.78, 5) is 1.42. The summed E-state index contributed by atoms with van der Waals surface area (Å²) in [5.41, 5.74) is 2.47. The van der Waals surface area contributed by atoms with Crippen molar-refractivity contribution < 1.29 is 0 Å². The van der Waals surface area contributed by atoms with E-state index in [4.69, 9.17) is 0 Å². The smallest absolute Gasteiger partial charge is 0.0625 e. The first-order valence-electron chi connectivity index (χ1n) is 7.10. The summed E-state index contributed by atoms with van der Waals surface area (Å²) in [6.07, 6.45) is 2.11. The fraction of sp³-hybridized carbons (Fsp3) is 0.533. The van der Waals surface area contributed by atoms with Crippen molar-refractivity contribution in [3.63, 3.8) is 0 Å². The first-order chi connectivity index (χ1) is 9.28. The molecule has 2 aromatic rings. The lowest BCUT2D eigenvalue weighted by Gasteiger charge is -2.15. The topological polar surface area (TPSA) is 29.9 Å². The predicted molar refractivity (Wildman–Crippen MR) is 81.5 cm³/mol. The normalized spacial score (nSPS) is 12.8. The van der Waals surface area contributed by atoms with Crippen molar-refractivity contribution in [2.75, 3.05) is 0 Å². The molecule has 0 saturated heterocycles. The summed E-state index contributed by atoms with van der Waals surface area (Å²) >= 11 is 1.83. The van der Waals surface area contributed by atoms with Crippen LogP contribution < -0.4 is 5.32 Å². The van der Waals surface area contributed by atoms with Gasteiger partial charge in [-0.25, -0.2) is 0 Å². The average molecular weight is 277 g/mol. The first kappa shape index (κ1) is 14.3. The number of hydrogen-bond donors (Lipinski definition) is 1. The van der Waals surface area contributed by atoms with Crippen LogP contribution in [-0.2, 0) is 19.5 Å². The molecule has 0 bridgehead atoms. The molecule has 0 radical (unpaired) electrons. The second-order valence-electron chi connectivity index (χ2n) is 4.65. The Morgan fingerprint density at radius 3 is 2.79 bits per heavy atom. The Balaban J connectivity index is 2.03. The van der Waals surface area contributed by atoms with Crippen molar-refractivity contribution in [2.24, 2.45) is 0 Å². The minimum Gasteiger partial charge on any atom is -0.304 e. The number of hydrogen-bond acceptors (Lipinski definition) is 3. The lowest BCUT2D eigenvalue weighted by Crippen LogP contribution is -2.21. The van der Waals surface area contributed by atoms with Crippen LogP contribution in [0.1, 0.15) is 49.5 Å². The zero-order valence-electron chi connectivity index (χ0n) is 12.0. The molecule has 1 atom stereocenters. The quantitative estimate of drug-likeness (QED) is 0.835. The van der Waals surface area contributed by atoms with Crippen molar-refractivity contribution in [1.29, 1.82) is 0 Å². The lowest BCUT2D eigenvalue weighted by atomic mass is 10.2. The van der Waals surface area contributed by atoms with Gasteiger partial charge in [0, 0.05) is 24.0 Å². The molecule has 0 spiro atoms. The van der Waals surface area contributed by atoms with E-state index in [0.717, 1.165) is 25.9 Å². The minimum absolute atomic E-state index is 0.449. The number of aromatic nitrogens is 2. The van der Waals surface area contributed by atoms with E-state index in [0.29, 0.717) is 6.04 Å². The maximum atomic E-state index is 4.59. The number of thiophene rings is 1. The standard InChI is InChI=1S/C15H23N3S/c1-4-12-10-13(18(6-3)17-12)11-16-14(5-2)15-8-7-9-19-15/h7-10,14,16H,4-6,11H2,1-3H3. The number of nitrogens with one attached hydrogen (secondary N) is 1. The van der Waals surface area contributed by atoms with E-state index in [1.165, 1.54) is 16.3 Å².